The minimum Gasteiger partial charge on any atom is -0.444 e. The molecule has 0 radical (unpaired) electrons. The molecule has 0 aliphatic carbocycles. The van der Waals surface area contributed by atoms with Gasteiger partial charge in [0, 0.05) is 10.3 Å². The van der Waals surface area contributed by atoms with E-state index >= 15 is 0 Å². The van der Waals surface area contributed by atoms with Crippen molar-refractivity contribution in [1.82, 2.24) is 4.90 Å². The van der Waals surface area contributed by atoms with E-state index in [1.807, 2.05) is 27.7 Å². The summed E-state index contributed by atoms with van der Waals surface area (Å²) in [7, 11) is 0. The van der Waals surface area contributed by atoms with Crippen molar-refractivity contribution in [2.45, 2.75) is 45.3 Å². The minimum atomic E-state index is -0.684. The molecule has 1 amide bonds. The Kier molecular flexibility index (Phi) is 1.84. The largest absolute Gasteiger partial charge is 0.444 e. The van der Waals surface area contributed by atoms with Crippen LogP contribution >= 0.6 is 0 Å². The van der Waals surface area contributed by atoms with Gasteiger partial charge in [-0.25, -0.2) is 4.79 Å². The summed E-state index contributed by atoms with van der Waals surface area (Å²) in [4.78, 5) is 13.0. The van der Waals surface area contributed by atoms with Crippen LogP contribution in [0.4, 0.5) is 4.79 Å². The van der Waals surface area contributed by atoms with E-state index < -0.39 is 11.2 Å². The lowest BCUT2D eigenvalue weighted by Gasteiger charge is -2.45. The molecule has 0 bridgehead atoms. The molecule has 4 nitrogen and oxygen atoms in total. The van der Waals surface area contributed by atoms with Crippen LogP contribution in [0, 0.1) is 0 Å². The molecule has 0 unspecified atom stereocenters. The van der Waals surface area contributed by atoms with Gasteiger partial charge in [-0.15, -0.1) is 0 Å². The lowest BCUT2D eigenvalue weighted by molar-refractivity contribution is -0.0996. The van der Waals surface area contributed by atoms with Crippen molar-refractivity contribution in [3.63, 3.8) is 0 Å². The number of rotatable bonds is 1. The molecule has 1 saturated heterocycles. The fourth-order valence-electron chi connectivity index (χ4n) is 1.34. The highest BCUT2D eigenvalue weighted by molar-refractivity contribution is 5.69. The maximum atomic E-state index is 11.4. The first-order valence-corrected chi connectivity index (χ1v) is 4.96. The first kappa shape index (κ1) is 7.51. The highest BCUT2D eigenvalue weighted by Gasteiger charge is 2.43. The molecule has 1 rings (SSSR count). The average Bonchev–Trinajstić information content (AvgIpc) is 2.40. The normalized spacial score (nSPS) is 21.9. The first-order valence-electron chi connectivity index (χ1n) is 7.96. The van der Waals surface area contributed by atoms with Crippen molar-refractivity contribution >= 4 is 6.09 Å². The average molecular weight is 216 g/mol. The second-order valence-corrected chi connectivity index (χ2v) is 4.91. The van der Waals surface area contributed by atoms with Crippen molar-refractivity contribution < 1.29 is 25.0 Å². The molecule has 0 saturated carbocycles. The quantitative estimate of drug-likeness (QED) is 0.732. The Balaban J connectivity index is -0.000000183. The Morgan fingerprint density at radius 3 is 2.50 bits per heavy atom. The van der Waals surface area contributed by atoms with Crippen LogP contribution in [0.5, 0.6) is 0 Å². The number of carbonyl (C=O) groups excluding carboxylic acids is 1. The van der Waals surface area contributed by atoms with Gasteiger partial charge in [0.15, 0.2) is 0 Å². The highest BCUT2D eigenvalue weighted by atomic mass is 16.6. The van der Waals surface area contributed by atoms with E-state index in [0.29, 0.717) is 19.5 Å². The van der Waals surface area contributed by atoms with Crippen LogP contribution in [-0.4, -0.2) is 40.4 Å². The summed E-state index contributed by atoms with van der Waals surface area (Å²) < 4.78 is 35.2. The Hall–Kier alpha value is -0.770. The predicted octanol–water partition coefficient (Wildman–Crippen LogP) is 2.36. The molecular formula is C10H27NO3. The monoisotopic (exact) mass is 216 g/mol. The van der Waals surface area contributed by atoms with Crippen molar-refractivity contribution in [1.29, 1.82) is 0 Å². The van der Waals surface area contributed by atoms with Gasteiger partial charge in [-0.05, 0) is 27.2 Å². The third kappa shape index (κ3) is 2.61. The minimum absolute atomic E-state index is 0. The summed E-state index contributed by atoms with van der Waals surface area (Å²) in [5.74, 6) is 0. The van der Waals surface area contributed by atoms with Crippen LogP contribution < -0.4 is 0 Å². The van der Waals surface area contributed by atoms with E-state index in [4.69, 9.17) is 13.6 Å². The third-order valence-electron chi connectivity index (χ3n) is 2.28. The van der Waals surface area contributed by atoms with Crippen LogP contribution in [0.2, 0.25) is 0 Å². The molecule has 0 aromatic carbocycles. The van der Waals surface area contributed by atoms with E-state index in [9.17, 15) is 9.90 Å². The molecular weight excluding hydrogens is 182 g/mol. The van der Waals surface area contributed by atoms with Gasteiger partial charge in [-0.1, -0.05) is 6.92 Å². The molecule has 4 heteroatoms. The van der Waals surface area contributed by atoms with Gasteiger partial charge in [0.25, 0.3) is 0 Å². The number of carbonyl (C=O) groups is 1. The van der Waals surface area contributed by atoms with E-state index in [0.717, 1.165) is 0 Å². The molecule has 1 aliphatic heterocycles. The van der Waals surface area contributed by atoms with Crippen LogP contribution in [0.1, 0.15) is 44.5 Å². The van der Waals surface area contributed by atoms with Crippen molar-refractivity contribution in [3.05, 3.63) is 0 Å². The summed E-state index contributed by atoms with van der Waals surface area (Å²) in [6.07, 6.45) is 0.336. The summed E-state index contributed by atoms with van der Waals surface area (Å²) in [5.41, 5.74) is -1.14. The molecule has 0 aromatic rings. The number of hydrogen-bond acceptors (Lipinski definition) is 3. The standard InChI is InChI=1S/C10H19NO3.4H2/c1-5-10(13)6-11(7-10)8(12)14-9(2,3)4;;;;/h13H,5-7H2,1-4H3;4*1H/i;3*1+1D;1+1. The molecule has 0 aromatic heterocycles. The number of hydrogen-bond donors (Lipinski definition) is 1. The fraction of sp³-hybridized carbons (Fsp3) is 0.900. The van der Waals surface area contributed by atoms with Gasteiger partial charge in [-0.2, -0.15) is 0 Å². The first-order chi connectivity index (χ1) is 9.26. The summed E-state index contributed by atoms with van der Waals surface area (Å²) in [5, 5.41) is 9.69. The van der Waals surface area contributed by atoms with Gasteiger partial charge in [0.1, 0.15) is 5.60 Å². The van der Waals surface area contributed by atoms with Crippen molar-refractivity contribution in [3.8, 4) is 0 Å². The molecule has 1 heterocycles. The van der Waals surface area contributed by atoms with Crippen LogP contribution in [0.3, 0.4) is 0 Å². The maximum Gasteiger partial charge on any atom is 0.410 e. The second kappa shape index (κ2) is 3.42. The summed E-state index contributed by atoms with van der Waals surface area (Å²) in [6.45, 7) is 8.17. The van der Waals surface area contributed by atoms with Gasteiger partial charge in [-0.3, -0.25) is 0 Å². The third-order valence-corrected chi connectivity index (χ3v) is 2.28. The zero-order valence-corrected chi connectivity index (χ0v) is 9.33. The molecule has 14 heavy (non-hydrogen) atoms. The van der Waals surface area contributed by atoms with Crippen molar-refractivity contribution in [2.75, 3.05) is 13.1 Å². The highest BCUT2D eigenvalue weighted by Crippen LogP contribution is 2.25. The number of nitrogens with zero attached hydrogens (tertiary/aromatic N) is 1. The predicted molar refractivity (Wildman–Crippen MR) is 61.5 cm³/mol. The van der Waals surface area contributed by atoms with Crippen LogP contribution in [0.25, 0.3) is 0 Å². The number of aliphatic hydroxyl groups is 1. The van der Waals surface area contributed by atoms with Gasteiger partial charge in [0.05, 0.1) is 18.7 Å². The number of likely N-dealkylation sites (tertiary alicyclic amines) is 1. The smallest absolute Gasteiger partial charge is 0.410 e. The number of β-amino-alcohol motifs (C(OH)–C–C–N with tert-alkyl or cyclic N) is 1. The molecule has 0 atom stereocenters. The van der Waals surface area contributed by atoms with Gasteiger partial charge in [0.2, 0.25) is 0 Å². The lowest BCUT2D eigenvalue weighted by atomic mass is 9.92. The van der Waals surface area contributed by atoms with Gasteiger partial charge >= 0.3 is 6.09 Å². The van der Waals surface area contributed by atoms with Gasteiger partial charge < -0.3 is 14.7 Å². The second-order valence-electron chi connectivity index (χ2n) is 4.91. The zero-order chi connectivity index (χ0) is 17.0. The molecule has 90 valence electrons. The van der Waals surface area contributed by atoms with E-state index in [1.54, 1.807) is 0 Å². The molecule has 1 N–H and O–H groups in total. The zero-order valence-electron chi connectivity index (χ0n) is 15.3. The Morgan fingerprint density at radius 1 is 1.64 bits per heavy atom. The van der Waals surface area contributed by atoms with Crippen LogP contribution in [0.15, 0.2) is 0 Å². The molecule has 0 spiro atoms. The summed E-state index contributed by atoms with van der Waals surface area (Å²) >= 11 is 0. The SMILES string of the molecule is CCC1(O)CN(C(=O)OC(C)(C)C)C1.[2HH].[2H][2H].[2H][2H].[2H][2H]. The Morgan fingerprint density at radius 2 is 2.14 bits per heavy atom. The van der Waals surface area contributed by atoms with E-state index in [2.05, 4.69) is 0 Å². The molecule has 1 fully saturated rings. The molecule has 1 aliphatic rings. The Bertz CT molecular complexity index is 245. The lowest BCUT2D eigenvalue weighted by Crippen LogP contribution is -2.63. The summed E-state index contributed by atoms with van der Waals surface area (Å²) in [6, 6.07) is 0. The Labute approximate surface area is 95.6 Å². The fourth-order valence-corrected chi connectivity index (χ4v) is 1.34. The maximum absolute atomic E-state index is 11.4. The van der Waals surface area contributed by atoms with E-state index in [1.165, 1.54) is 4.90 Å². The van der Waals surface area contributed by atoms with Crippen molar-refractivity contribution in [2.24, 2.45) is 0 Å². The van der Waals surface area contributed by atoms with E-state index in [-0.39, 0.29) is 7.52 Å². The number of ether oxygens (including phenoxy) is 1. The number of amides is 1. The van der Waals surface area contributed by atoms with Crippen LogP contribution in [-0.2, 0) is 4.74 Å². The topological polar surface area (TPSA) is 49.8 Å².